The fourth-order valence-corrected chi connectivity index (χ4v) is 3.52. The lowest BCUT2D eigenvalue weighted by Crippen LogP contribution is -3.13. The molecular weight excluding hydrogens is 352 g/mol. The van der Waals surface area contributed by atoms with Crippen molar-refractivity contribution in [3.8, 4) is 17.1 Å². The van der Waals surface area contributed by atoms with E-state index in [0.29, 0.717) is 18.0 Å². The molecule has 1 fully saturated rings. The summed E-state index contributed by atoms with van der Waals surface area (Å²) in [6.45, 7) is 4.71. The molecule has 140 valence electrons. The molecule has 7 nitrogen and oxygen atoms in total. The van der Waals surface area contributed by atoms with Crippen LogP contribution in [0.5, 0.6) is 5.75 Å². The van der Waals surface area contributed by atoms with E-state index < -0.39 is 0 Å². The standard InChI is InChI=1S/C18H24N4O3S/c1-3-25-17(23)14-5-4-10-21(11-14)12-22-18(26)19-16(20-22)13-6-8-15(24-2)9-7-13/h6-9,14H,3-5,10-12H2,1-2H3,(H,19,20,26)/p+1/t14-/m1/s1. The second-order valence-electron chi connectivity index (χ2n) is 6.46. The van der Waals surface area contributed by atoms with Gasteiger partial charge in [-0.15, -0.1) is 0 Å². The third kappa shape index (κ3) is 4.31. The second-order valence-corrected chi connectivity index (χ2v) is 6.83. The van der Waals surface area contributed by atoms with Crippen molar-refractivity contribution < 1.29 is 19.2 Å². The predicted molar refractivity (Wildman–Crippen MR) is 99.5 cm³/mol. The van der Waals surface area contributed by atoms with E-state index in [0.717, 1.165) is 43.1 Å². The monoisotopic (exact) mass is 377 g/mol. The Kier molecular flexibility index (Phi) is 6.05. The Morgan fingerprint density at radius 3 is 2.88 bits per heavy atom. The number of nitrogens with one attached hydrogen (secondary N) is 2. The largest absolute Gasteiger partial charge is 0.497 e. The van der Waals surface area contributed by atoms with Crippen LogP contribution in [0.1, 0.15) is 19.8 Å². The van der Waals surface area contributed by atoms with Gasteiger partial charge in [0, 0.05) is 5.56 Å². The Labute approximate surface area is 157 Å². The van der Waals surface area contributed by atoms with Gasteiger partial charge in [0.15, 0.2) is 12.5 Å². The number of methoxy groups -OCH3 is 1. The number of esters is 1. The van der Waals surface area contributed by atoms with Gasteiger partial charge in [0.25, 0.3) is 0 Å². The van der Waals surface area contributed by atoms with Crippen LogP contribution in [0, 0.1) is 10.7 Å². The maximum absolute atomic E-state index is 12.0. The lowest BCUT2D eigenvalue weighted by molar-refractivity contribution is -0.930. The topological polar surface area (TPSA) is 73.6 Å². The van der Waals surface area contributed by atoms with Gasteiger partial charge >= 0.3 is 5.97 Å². The Hall–Kier alpha value is -2.19. The van der Waals surface area contributed by atoms with E-state index >= 15 is 0 Å². The number of piperidine rings is 1. The normalized spacial score (nSPS) is 19.9. The first-order valence-electron chi connectivity index (χ1n) is 8.92. The number of carbonyl (C=O) groups excluding carboxylic acids is 1. The molecule has 2 atom stereocenters. The Balaban J connectivity index is 1.69. The van der Waals surface area contributed by atoms with Crippen molar-refractivity contribution in [2.45, 2.75) is 26.4 Å². The molecule has 0 amide bonds. The third-order valence-corrected chi connectivity index (χ3v) is 4.97. The van der Waals surface area contributed by atoms with Crippen LogP contribution in [0.4, 0.5) is 0 Å². The summed E-state index contributed by atoms with van der Waals surface area (Å²) in [6.07, 6.45) is 1.90. The number of aromatic amines is 1. The average molecular weight is 377 g/mol. The first kappa shape index (κ1) is 18.6. The van der Waals surface area contributed by atoms with E-state index in [1.165, 1.54) is 4.90 Å². The molecule has 3 rings (SSSR count). The molecule has 8 heteroatoms. The van der Waals surface area contributed by atoms with Crippen LogP contribution < -0.4 is 9.64 Å². The molecule has 1 unspecified atom stereocenters. The quantitative estimate of drug-likeness (QED) is 0.589. The van der Waals surface area contributed by atoms with Crippen molar-refractivity contribution >= 4 is 18.2 Å². The molecule has 1 saturated heterocycles. The summed E-state index contributed by atoms with van der Waals surface area (Å²) in [7, 11) is 1.64. The van der Waals surface area contributed by atoms with Gasteiger partial charge < -0.3 is 14.4 Å². The minimum atomic E-state index is -0.0863. The van der Waals surface area contributed by atoms with E-state index in [-0.39, 0.29) is 11.9 Å². The van der Waals surface area contributed by atoms with Gasteiger partial charge in [0.2, 0.25) is 4.77 Å². The molecule has 0 aliphatic carbocycles. The maximum atomic E-state index is 12.0. The molecule has 2 heterocycles. The van der Waals surface area contributed by atoms with Crippen molar-refractivity contribution in [3.63, 3.8) is 0 Å². The Morgan fingerprint density at radius 1 is 1.42 bits per heavy atom. The van der Waals surface area contributed by atoms with Gasteiger partial charge in [0.05, 0.1) is 26.8 Å². The number of H-pyrrole nitrogens is 1. The Bertz CT molecular complexity index is 800. The van der Waals surface area contributed by atoms with Crippen LogP contribution in [0.2, 0.25) is 0 Å². The number of nitrogens with zero attached hydrogens (tertiary/aromatic N) is 2. The van der Waals surface area contributed by atoms with Crippen molar-refractivity contribution in [3.05, 3.63) is 29.0 Å². The fraction of sp³-hybridized carbons (Fsp3) is 0.500. The van der Waals surface area contributed by atoms with Crippen LogP contribution in [-0.2, 0) is 16.2 Å². The van der Waals surface area contributed by atoms with Gasteiger partial charge in [-0.25, -0.2) is 4.68 Å². The highest BCUT2D eigenvalue weighted by atomic mass is 32.1. The van der Waals surface area contributed by atoms with Gasteiger partial charge in [-0.3, -0.25) is 9.89 Å². The SMILES string of the molecule is CCOC(=O)[C@@H]1CCC[NH+](Cn2[nH]c(-c3ccc(OC)cc3)nc2=S)C1. The van der Waals surface area contributed by atoms with Crippen molar-refractivity contribution in [2.75, 3.05) is 26.8 Å². The van der Waals surface area contributed by atoms with Gasteiger partial charge in [-0.1, -0.05) is 0 Å². The molecule has 1 aliphatic rings. The zero-order valence-corrected chi connectivity index (χ0v) is 16.0. The summed E-state index contributed by atoms with van der Waals surface area (Å²) in [4.78, 5) is 17.8. The molecule has 2 N–H and O–H groups in total. The van der Waals surface area contributed by atoms with Gasteiger partial charge in [-0.05, 0) is 56.2 Å². The van der Waals surface area contributed by atoms with Crippen molar-refractivity contribution in [2.24, 2.45) is 5.92 Å². The van der Waals surface area contributed by atoms with Crippen molar-refractivity contribution in [1.82, 2.24) is 14.8 Å². The highest BCUT2D eigenvalue weighted by molar-refractivity contribution is 7.71. The number of quaternary nitrogens is 1. The number of hydrogen-bond donors (Lipinski definition) is 2. The molecule has 26 heavy (non-hydrogen) atoms. The molecule has 2 aromatic rings. The number of likely N-dealkylation sites (tertiary alicyclic amines) is 1. The number of benzene rings is 1. The summed E-state index contributed by atoms with van der Waals surface area (Å²) < 4.78 is 12.7. The number of aromatic nitrogens is 3. The van der Waals surface area contributed by atoms with Crippen molar-refractivity contribution in [1.29, 1.82) is 0 Å². The van der Waals surface area contributed by atoms with E-state index in [2.05, 4.69) is 10.1 Å². The molecule has 0 bridgehead atoms. The highest BCUT2D eigenvalue weighted by Crippen LogP contribution is 2.19. The zero-order chi connectivity index (χ0) is 18.5. The number of hydrogen-bond acceptors (Lipinski definition) is 5. The first-order chi connectivity index (χ1) is 12.6. The minimum absolute atomic E-state index is 0.0307. The molecule has 1 aromatic carbocycles. The first-order valence-corrected chi connectivity index (χ1v) is 9.33. The lowest BCUT2D eigenvalue weighted by atomic mass is 9.99. The van der Waals surface area contributed by atoms with Crippen LogP contribution in [0.3, 0.4) is 0 Å². The summed E-state index contributed by atoms with van der Waals surface area (Å²) in [5, 5.41) is 3.28. The molecule has 0 saturated carbocycles. The fourth-order valence-electron chi connectivity index (χ4n) is 3.32. The van der Waals surface area contributed by atoms with E-state index in [1.54, 1.807) is 7.11 Å². The van der Waals surface area contributed by atoms with Crippen LogP contribution in [0.15, 0.2) is 24.3 Å². The molecule has 0 spiro atoms. The maximum Gasteiger partial charge on any atom is 0.314 e. The van der Waals surface area contributed by atoms with E-state index in [1.807, 2.05) is 35.9 Å². The third-order valence-electron chi connectivity index (χ3n) is 4.66. The highest BCUT2D eigenvalue weighted by Gasteiger charge is 2.30. The average Bonchev–Trinajstić information content (AvgIpc) is 3.03. The van der Waals surface area contributed by atoms with E-state index in [9.17, 15) is 4.79 Å². The smallest absolute Gasteiger partial charge is 0.314 e. The van der Waals surface area contributed by atoms with Gasteiger partial charge in [-0.2, -0.15) is 4.98 Å². The molecule has 1 aliphatic heterocycles. The van der Waals surface area contributed by atoms with Crippen LogP contribution in [0.25, 0.3) is 11.4 Å². The number of rotatable bonds is 6. The lowest BCUT2D eigenvalue weighted by Gasteiger charge is -2.28. The second kappa shape index (κ2) is 8.46. The molecule has 0 radical (unpaired) electrons. The van der Waals surface area contributed by atoms with Crippen LogP contribution >= 0.6 is 12.2 Å². The van der Waals surface area contributed by atoms with E-state index in [4.69, 9.17) is 21.7 Å². The predicted octanol–water partition coefficient (Wildman–Crippen LogP) is 1.43. The van der Waals surface area contributed by atoms with Gasteiger partial charge in [0.1, 0.15) is 11.7 Å². The summed E-state index contributed by atoms with van der Waals surface area (Å²) in [6, 6.07) is 7.68. The number of carbonyl (C=O) groups is 1. The summed E-state index contributed by atoms with van der Waals surface area (Å²) in [5.74, 6) is 1.42. The minimum Gasteiger partial charge on any atom is -0.497 e. The molecule has 1 aromatic heterocycles. The summed E-state index contributed by atoms with van der Waals surface area (Å²) >= 11 is 5.40. The Morgan fingerprint density at radius 2 is 2.19 bits per heavy atom. The summed E-state index contributed by atoms with van der Waals surface area (Å²) in [5.41, 5.74) is 0.952. The number of ether oxygens (including phenoxy) is 2. The molecular formula is C18H25N4O3S+. The zero-order valence-electron chi connectivity index (χ0n) is 15.2. The van der Waals surface area contributed by atoms with Crippen LogP contribution in [-0.4, -0.2) is 47.5 Å².